The molecule has 0 atom stereocenters. The Bertz CT molecular complexity index is 621. The molecule has 0 radical (unpaired) electrons. The highest BCUT2D eigenvalue weighted by Gasteiger charge is 1.95. The average Bonchev–Trinajstić information content (AvgIpc) is 3.49. The molecule has 3 nitrogen and oxygen atoms in total. The van der Waals surface area contributed by atoms with Crippen LogP contribution in [0, 0.1) is 0 Å². The summed E-state index contributed by atoms with van der Waals surface area (Å²) in [6.07, 6.45) is 91.7. The van der Waals surface area contributed by atoms with Crippen molar-refractivity contribution in [3.63, 3.8) is 0 Å². The van der Waals surface area contributed by atoms with Gasteiger partial charge in [-0.15, -0.1) is 9.79 Å². The predicted octanol–water partition coefficient (Wildman–Crippen LogP) is 32.8. The Morgan fingerprint density at radius 1 is 0.131 bits per heavy atom. The summed E-state index contributed by atoms with van der Waals surface area (Å²) in [7, 11) is -2.87. The van der Waals surface area contributed by atoms with E-state index in [1.165, 1.54) is 411 Å². The van der Waals surface area contributed by atoms with Gasteiger partial charge in [0.05, 0.1) is 0 Å². The zero-order valence-corrected chi connectivity index (χ0v) is 63.9. The fraction of sp³-hybridized carbons (Fsp3) is 1.00. The predicted molar refractivity (Wildman–Crippen MR) is 398 cm³/mol. The van der Waals surface area contributed by atoms with E-state index >= 15 is 0 Å². The fourth-order valence-corrected chi connectivity index (χ4v) is 9.66. The molecule has 84 heavy (non-hydrogen) atoms. The van der Waals surface area contributed by atoms with E-state index in [0.717, 1.165) is 0 Å². The van der Waals surface area contributed by atoms with Crippen LogP contribution in [0.3, 0.4) is 0 Å². The molecule has 0 rings (SSSR count). The van der Waals surface area contributed by atoms with Gasteiger partial charge in [-0.3, -0.25) is 0 Å². The molecule has 0 aromatic heterocycles. The lowest BCUT2D eigenvalue weighted by molar-refractivity contribution is 0.405. The van der Waals surface area contributed by atoms with Gasteiger partial charge in [0.1, 0.15) is 0 Å². The summed E-state index contributed by atoms with van der Waals surface area (Å²) in [5.74, 6) is 0. The van der Waals surface area contributed by atoms with Gasteiger partial charge in [0.25, 0.3) is 0 Å². The summed E-state index contributed by atoms with van der Waals surface area (Å²) in [6, 6.07) is 0. The van der Waals surface area contributed by atoms with Crippen LogP contribution in [0.1, 0.15) is 522 Å². The third-order valence-corrected chi connectivity index (χ3v) is 15.7. The molecule has 0 saturated heterocycles. The van der Waals surface area contributed by atoms with E-state index in [1.54, 1.807) is 0 Å². The number of rotatable bonds is 56. The molecule has 0 fully saturated rings. The van der Waals surface area contributed by atoms with E-state index in [9.17, 15) is 0 Å². The molecule has 0 heterocycles. The number of hydrogen-bond acceptors (Lipinski definition) is 1. The molecule has 0 aliphatic carbocycles. The molecule has 0 amide bonds. The van der Waals surface area contributed by atoms with Gasteiger partial charge in [-0.25, -0.2) is 0 Å². The molecular formula is C80H178O3P+. The highest BCUT2D eigenvalue weighted by molar-refractivity contribution is 7.30. The third kappa shape index (κ3) is 172. The van der Waals surface area contributed by atoms with Crippen LogP contribution in [-0.4, -0.2) is 9.79 Å². The quantitative estimate of drug-likeness (QED) is 0.0471. The lowest BCUT2D eigenvalue weighted by atomic mass is 10.1. The van der Waals surface area contributed by atoms with Gasteiger partial charge in [-0.1, -0.05) is 522 Å². The van der Waals surface area contributed by atoms with E-state index in [2.05, 4.69) is 111 Å². The Labute approximate surface area is 541 Å². The monoisotopic (exact) mass is 1220 g/mol. The van der Waals surface area contributed by atoms with E-state index in [4.69, 9.17) is 14.4 Å². The lowest BCUT2D eigenvalue weighted by Gasteiger charge is -1.97. The Morgan fingerprint density at radius 2 is 0.167 bits per heavy atom. The SMILES string of the molecule is CCCCCCCCCC.CCCCCCCCCC.CCCCCCCCCC.CCCCCCCCCC.CCCCCCCCCC.CCCCCCCCCC.CCCCCCCCCC.CCCCCCCCCC.O=[P+](O)O. The van der Waals surface area contributed by atoms with Crippen LogP contribution in [0.15, 0.2) is 0 Å². The van der Waals surface area contributed by atoms with Crippen molar-refractivity contribution in [2.75, 3.05) is 0 Å². The Balaban J connectivity index is -0.000000108. The summed E-state index contributed by atoms with van der Waals surface area (Å²) < 4.78 is 8.70. The van der Waals surface area contributed by atoms with E-state index in [-0.39, 0.29) is 0 Å². The standard InChI is InChI=1S/8C10H22.HO3P/c8*1-3-5-7-9-10-8-6-4-2;1-4(2)3/h8*3-10H2,1-2H3;(H-,1,2,3)/p+1. The smallest absolute Gasteiger partial charge is 0.134 e. The van der Waals surface area contributed by atoms with Crippen LogP contribution < -0.4 is 0 Å². The first-order chi connectivity index (χ1) is 41.0. The largest absolute Gasteiger partial charge is 0.692 e. The molecule has 0 aliphatic rings. The van der Waals surface area contributed by atoms with Crippen molar-refractivity contribution >= 4 is 8.25 Å². The zero-order valence-electron chi connectivity index (χ0n) is 63.0. The molecule has 0 aromatic rings. The van der Waals surface area contributed by atoms with Crippen LogP contribution in [0.2, 0.25) is 0 Å². The zero-order chi connectivity index (χ0) is 64.8. The van der Waals surface area contributed by atoms with E-state index < -0.39 is 8.25 Å². The second-order valence-electron chi connectivity index (χ2n) is 25.2. The van der Waals surface area contributed by atoms with Crippen molar-refractivity contribution in [1.29, 1.82) is 0 Å². The molecule has 0 spiro atoms. The summed E-state index contributed by atoms with van der Waals surface area (Å²) in [4.78, 5) is 14.2. The van der Waals surface area contributed by atoms with Crippen molar-refractivity contribution in [2.45, 2.75) is 522 Å². The maximum Gasteiger partial charge on any atom is 0.692 e. The third-order valence-electron chi connectivity index (χ3n) is 15.7. The van der Waals surface area contributed by atoms with Gasteiger partial charge in [-0.05, 0) is 0 Å². The highest BCUT2D eigenvalue weighted by Crippen LogP contribution is 2.13. The Morgan fingerprint density at radius 3 is 0.202 bits per heavy atom. The van der Waals surface area contributed by atoms with Crippen LogP contribution in [0.4, 0.5) is 0 Å². The van der Waals surface area contributed by atoms with Crippen LogP contribution >= 0.6 is 8.25 Å². The minimum Gasteiger partial charge on any atom is -0.134 e. The molecule has 0 aromatic carbocycles. The molecule has 0 bridgehead atoms. The van der Waals surface area contributed by atoms with Gasteiger partial charge in [0, 0.05) is 4.57 Å². The average molecular weight is 1220 g/mol. The van der Waals surface area contributed by atoms with Gasteiger partial charge >= 0.3 is 8.25 Å². The Kier molecular flexibility index (Phi) is 152. The maximum absolute atomic E-state index is 8.70. The molecule has 4 heteroatoms. The highest BCUT2D eigenvalue weighted by atomic mass is 31.1. The lowest BCUT2D eigenvalue weighted by Crippen LogP contribution is -1.77. The number of unbranched alkanes of at least 4 members (excludes halogenated alkanes) is 56. The first-order valence-corrected chi connectivity index (χ1v) is 41.1. The normalized spacial score (nSPS) is 10.0. The van der Waals surface area contributed by atoms with Gasteiger partial charge < -0.3 is 0 Å². The molecular weight excluding hydrogens is 1040 g/mol. The van der Waals surface area contributed by atoms with Crippen LogP contribution in [-0.2, 0) is 4.57 Å². The van der Waals surface area contributed by atoms with Crippen LogP contribution in [0.5, 0.6) is 0 Å². The van der Waals surface area contributed by atoms with Crippen molar-refractivity contribution in [3.05, 3.63) is 0 Å². The minimum atomic E-state index is -2.87. The summed E-state index contributed by atoms with van der Waals surface area (Å²) >= 11 is 0. The van der Waals surface area contributed by atoms with Crippen molar-refractivity contribution in [3.8, 4) is 0 Å². The summed E-state index contributed by atoms with van der Waals surface area (Å²) in [5.41, 5.74) is 0. The first-order valence-electron chi connectivity index (χ1n) is 39.9. The van der Waals surface area contributed by atoms with Crippen LogP contribution in [0.25, 0.3) is 0 Å². The van der Waals surface area contributed by atoms with Gasteiger partial charge in [0.15, 0.2) is 0 Å². The molecule has 0 unspecified atom stereocenters. The summed E-state index contributed by atoms with van der Waals surface area (Å²) in [5, 5.41) is 0. The van der Waals surface area contributed by atoms with Gasteiger partial charge in [-0.2, -0.15) is 0 Å². The molecule has 0 saturated carbocycles. The minimum absolute atomic E-state index is 1.37. The second kappa shape index (κ2) is 124. The summed E-state index contributed by atoms with van der Waals surface area (Å²) in [6.45, 7) is 36.3. The fourth-order valence-electron chi connectivity index (χ4n) is 9.66. The van der Waals surface area contributed by atoms with Crippen molar-refractivity contribution in [1.82, 2.24) is 0 Å². The maximum atomic E-state index is 8.70. The number of hydrogen-bond donors (Lipinski definition) is 2. The Hall–Kier alpha value is 0.0200. The molecule has 0 aliphatic heterocycles. The van der Waals surface area contributed by atoms with Gasteiger partial charge in [0.2, 0.25) is 0 Å². The second-order valence-corrected chi connectivity index (χ2v) is 25.7. The molecule has 2 N–H and O–H groups in total. The first kappa shape index (κ1) is 103. The topological polar surface area (TPSA) is 57.5 Å². The van der Waals surface area contributed by atoms with E-state index in [1.807, 2.05) is 0 Å². The van der Waals surface area contributed by atoms with Crippen molar-refractivity contribution in [2.24, 2.45) is 0 Å². The van der Waals surface area contributed by atoms with Crippen molar-refractivity contribution < 1.29 is 14.4 Å². The molecule has 520 valence electrons. The van der Waals surface area contributed by atoms with E-state index in [0.29, 0.717) is 0 Å².